The summed E-state index contributed by atoms with van der Waals surface area (Å²) >= 11 is 17.9. The Balaban J connectivity index is 2.60. The highest BCUT2D eigenvalue weighted by atomic mass is 35.5. The summed E-state index contributed by atoms with van der Waals surface area (Å²) in [6.07, 6.45) is 0. The van der Waals surface area contributed by atoms with Crippen molar-refractivity contribution >= 4 is 40.8 Å². The Hall–Kier alpha value is -1.10. The second-order valence-electron chi connectivity index (χ2n) is 3.75. The van der Waals surface area contributed by atoms with Gasteiger partial charge in [-0.1, -0.05) is 23.2 Å². The zero-order valence-electron chi connectivity index (χ0n) is 9.65. The van der Waals surface area contributed by atoms with Crippen molar-refractivity contribution in [3.8, 4) is 11.4 Å². The van der Waals surface area contributed by atoms with Crippen LogP contribution in [0.2, 0.25) is 15.3 Å². The van der Waals surface area contributed by atoms with Crippen molar-refractivity contribution in [3.63, 3.8) is 0 Å². The fourth-order valence-corrected chi connectivity index (χ4v) is 1.86. The largest absolute Gasteiger partial charge is 0.347 e. The first kappa shape index (κ1) is 13.3. The maximum absolute atomic E-state index is 6.10. The molecule has 2 aromatic rings. The van der Waals surface area contributed by atoms with Crippen LogP contribution in [0.5, 0.6) is 0 Å². The number of hydrogen-bond acceptors (Lipinski definition) is 4. The van der Waals surface area contributed by atoms with Crippen LogP contribution in [0.1, 0.15) is 0 Å². The standard InChI is InChI=1S/C11H9Cl3N4/c1-18(2)11-16-9(15-10(14)17-11)7-5-6(12)3-4-8(7)13/h3-5H,1-2H3. The number of aromatic nitrogens is 3. The van der Waals surface area contributed by atoms with E-state index in [0.29, 0.717) is 27.4 Å². The lowest BCUT2D eigenvalue weighted by Gasteiger charge is -2.11. The summed E-state index contributed by atoms with van der Waals surface area (Å²) in [5, 5.41) is 1.17. The van der Waals surface area contributed by atoms with Crippen molar-refractivity contribution in [2.75, 3.05) is 19.0 Å². The van der Waals surface area contributed by atoms with Crippen molar-refractivity contribution in [1.82, 2.24) is 15.0 Å². The van der Waals surface area contributed by atoms with E-state index in [1.807, 2.05) is 14.1 Å². The van der Waals surface area contributed by atoms with E-state index >= 15 is 0 Å². The number of nitrogens with zero attached hydrogens (tertiary/aromatic N) is 4. The normalized spacial score (nSPS) is 10.5. The van der Waals surface area contributed by atoms with Crippen LogP contribution in [0.3, 0.4) is 0 Å². The highest BCUT2D eigenvalue weighted by Crippen LogP contribution is 2.29. The number of halogens is 3. The maximum Gasteiger partial charge on any atom is 0.229 e. The van der Waals surface area contributed by atoms with Crippen LogP contribution >= 0.6 is 34.8 Å². The second kappa shape index (κ2) is 5.26. The summed E-state index contributed by atoms with van der Waals surface area (Å²) in [7, 11) is 3.63. The fraction of sp³-hybridized carbons (Fsp3) is 0.182. The van der Waals surface area contributed by atoms with Gasteiger partial charge in [0.25, 0.3) is 0 Å². The van der Waals surface area contributed by atoms with Crippen LogP contribution in [0.4, 0.5) is 5.95 Å². The topological polar surface area (TPSA) is 41.9 Å². The Morgan fingerprint density at radius 2 is 1.72 bits per heavy atom. The Morgan fingerprint density at radius 1 is 1.00 bits per heavy atom. The van der Waals surface area contributed by atoms with Crippen molar-refractivity contribution in [2.24, 2.45) is 0 Å². The zero-order valence-corrected chi connectivity index (χ0v) is 11.9. The van der Waals surface area contributed by atoms with Gasteiger partial charge in [0.2, 0.25) is 11.2 Å². The van der Waals surface area contributed by atoms with Gasteiger partial charge >= 0.3 is 0 Å². The van der Waals surface area contributed by atoms with Gasteiger partial charge in [0.15, 0.2) is 5.82 Å². The molecule has 2 rings (SSSR count). The average Bonchev–Trinajstić information content (AvgIpc) is 2.31. The van der Waals surface area contributed by atoms with Crippen molar-refractivity contribution in [3.05, 3.63) is 33.5 Å². The van der Waals surface area contributed by atoms with Crippen LogP contribution in [-0.2, 0) is 0 Å². The minimum absolute atomic E-state index is 0.111. The first-order valence-corrected chi connectivity index (χ1v) is 6.15. The number of rotatable bonds is 2. The van der Waals surface area contributed by atoms with Gasteiger partial charge in [-0.3, -0.25) is 0 Å². The molecule has 0 spiro atoms. The molecule has 18 heavy (non-hydrogen) atoms. The van der Waals surface area contributed by atoms with E-state index in [1.165, 1.54) is 0 Å². The lowest BCUT2D eigenvalue weighted by Crippen LogP contribution is -2.14. The van der Waals surface area contributed by atoms with Crippen molar-refractivity contribution in [2.45, 2.75) is 0 Å². The lowest BCUT2D eigenvalue weighted by molar-refractivity contribution is 0.962. The molecule has 0 amide bonds. The van der Waals surface area contributed by atoms with Gasteiger partial charge in [-0.2, -0.15) is 15.0 Å². The second-order valence-corrected chi connectivity index (χ2v) is 4.93. The van der Waals surface area contributed by atoms with Gasteiger partial charge in [-0.05, 0) is 29.8 Å². The minimum atomic E-state index is 0.111. The van der Waals surface area contributed by atoms with Crippen molar-refractivity contribution < 1.29 is 0 Å². The molecule has 1 heterocycles. The molecular formula is C11H9Cl3N4. The quantitative estimate of drug-likeness (QED) is 0.850. The van der Waals surface area contributed by atoms with Gasteiger partial charge in [0, 0.05) is 24.7 Å². The molecule has 0 aliphatic rings. The average molecular weight is 304 g/mol. The first-order valence-electron chi connectivity index (χ1n) is 5.01. The Morgan fingerprint density at radius 3 is 2.39 bits per heavy atom. The van der Waals surface area contributed by atoms with Gasteiger partial charge in [-0.25, -0.2) is 0 Å². The molecule has 0 bridgehead atoms. The maximum atomic E-state index is 6.10. The molecule has 0 fully saturated rings. The SMILES string of the molecule is CN(C)c1nc(Cl)nc(-c2cc(Cl)ccc2Cl)n1. The Bertz CT molecular complexity index is 586. The highest BCUT2D eigenvalue weighted by molar-refractivity contribution is 6.35. The molecule has 0 saturated carbocycles. The minimum Gasteiger partial charge on any atom is -0.347 e. The monoisotopic (exact) mass is 302 g/mol. The first-order chi connectivity index (χ1) is 8.47. The van der Waals surface area contributed by atoms with Crippen LogP contribution in [-0.4, -0.2) is 29.0 Å². The molecule has 1 aromatic carbocycles. The van der Waals surface area contributed by atoms with Crippen LogP contribution in [0.25, 0.3) is 11.4 Å². The van der Waals surface area contributed by atoms with E-state index in [1.54, 1.807) is 23.1 Å². The van der Waals surface area contributed by atoms with Crippen LogP contribution < -0.4 is 4.90 Å². The summed E-state index contributed by atoms with van der Waals surface area (Å²) in [6.45, 7) is 0. The van der Waals surface area contributed by atoms with Crippen LogP contribution in [0.15, 0.2) is 18.2 Å². The number of benzene rings is 1. The third kappa shape index (κ3) is 2.83. The van der Waals surface area contributed by atoms with Crippen molar-refractivity contribution in [1.29, 1.82) is 0 Å². The molecule has 94 valence electrons. The number of anilines is 1. The molecule has 0 unspecified atom stereocenters. The Kier molecular flexibility index (Phi) is 3.90. The lowest BCUT2D eigenvalue weighted by atomic mass is 10.2. The molecule has 0 radical (unpaired) electrons. The smallest absolute Gasteiger partial charge is 0.229 e. The molecule has 4 nitrogen and oxygen atoms in total. The van der Waals surface area contributed by atoms with E-state index in [4.69, 9.17) is 34.8 Å². The molecule has 0 saturated heterocycles. The van der Waals surface area contributed by atoms with Gasteiger partial charge < -0.3 is 4.90 Å². The third-order valence-corrected chi connectivity index (χ3v) is 2.90. The van der Waals surface area contributed by atoms with Gasteiger partial charge in [0.1, 0.15) is 0 Å². The molecular weight excluding hydrogens is 295 g/mol. The molecule has 0 aliphatic carbocycles. The summed E-state index contributed by atoms with van der Waals surface area (Å²) in [6, 6.07) is 5.07. The van der Waals surface area contributed by atoms with Crippen LogP contribution in [0, 0.1) is 0 Å². The third-order valence-electron chi connectivity index (χ3n) is 2.17. The summed E-state index contributed by atoms with van der Waals surface area (Å²) < 4.78 is 0. The highest BCUT2D eigenvalue weighted by Gasteiger charge is 2.12. The van der Waals surface area contributed by atoms with E-state index in [0.717, 1.165) is 0 Å². The Labute approximate surface area is 120 Å². The van der Waals surface area contributed by atoms with E-state index in [9.17, 15) is 0 Å². The summed E-state index contributed by atoms with van der Waals surface area (Å²) in [5.41, 5.74) is 0.622. The zero-order chi connectivity index (χ0) is 13.3. The van der Waals surface area contributed by atoms with E-state index in [-0.39, 0.29) is 5.28 Å². The molecule has 1 aromatic heterocycles. The summed E-state index contributed by atoms with van der Waals surface area (Å²) in [5.74, 6) is 0.854. The molecule has 0 atom stereocenters. The molecule has 0 N–H and O–H groups in total. The molecule has 7 heteroatoms. The van der Waals surface area contributed by atoms with E-state index < -0.39 is 0 Å². The van der Waals surface area contributed by atoms with Gasteiger partial charge in [0.05, 0.1) is 5.02 Å². The predicted molar refractivity (Wildman–Crippen MR) is 74.6 cm³/mol. The van der Waals surface area contributed by atoms with Gasteiger partial charge in [-0.15, -0.1) is 0 Å². The fourth-order valence-electron chi connectivity index (χ4n) is 1.33. The van der Waals surface area contributed by atoms with E-state index in [2.05, 4.69) is 15.0 Å². The molecule has 0 aliphatic heterocycles. The summed E-state index contributed by atoms with van der Waals surface area (Å²) in [4.78, 5) is 14.1. The predicted octanol–water partition coefficient (Wildman–Crippen LogP) is 3.56. The number of hydrogen-bond donors (Lipinski definition) is 0.